The molecule has 4 rings (SSSR count). The van der Waals surface area contributed by atoms with Gasteiger partial charge in [-0.15, -0.1) is 0 Å². The van der Waals surface area contributed by atoms with E-state index < -0.39 is 0 Å². The van der Waals surface area contributed by atoms with Gasteiger partial charge >= 0.3 is 5.30 Å². The van der Waals surface area contributed by atoms with Crippen molar-refractivity contribution in [2.75, 3.05) is 7.11 Å². The van der Waals surface area contributed by atoms with Crippen molar-refractivity contribution in [1.82, 2.24) is 0 Å². The van der Waals surface area contributed by atoms with E-state index >= 15 is 0 Å². The zero-order chi connectivity index (χ0) is 23.8. The van der Waals surface area contributed by atoms with Crippen LogP contribution in [0.15, 0.2) is 0 Å². The van der Waals surface area contributed by atoms with Crippen molar-refractivity contribution in [3.05, 3.63) is 0 Å². The average Bonchev–Trinajstić information content (AvgIpc) is 3.14. The number of rotatable bonds is 7. The molecule has 0 amide bonds. The maximum Gasteiger partial charge on any atom is 0.377 e. The first-order chi connectivity index (χ1) is 15.7. The fourth-order valence-electron chi connectivity index (χ4n) is 9.47. The van der Waals surface area contributed by atoms with Gasteiger partial charge in [-0.3, -0.25) is 0 Å². The highest BCUT2D eigenvalue weighted by Gasteiger charge is 2.60. The molecule has 9 atom stereocenters. The number of hydrogen-bond acceptors (Lipinski definition) is 4. The zero-order valence-corrected chi connectivity index (χ0v) is 23.9. The van der Waals surface area contributed by atoms with Crippen molar-refractivity contribution in [2.24, 2.45) is 52.3 Å². The molecule has 9 unspecified atom stereocenters. The van der Waals surface area contributed by atoms with Gasteiger partial charge in [-0.05, 0) is 110 Å². The van der Waals surface area contributed by atoms with Crippen LogP contribution >= 0.6 is 21.6 Å². The fraction of sp³-hybridized carbons (Fsp3) is 0.966. The third kappa shape index (κ3) is 5.18. The predicted molar refractivity (Wildman–Crippen MR) is 144 cm³/mol. The standard InChI is InChI=1S/C29H50O2S2/c1-19(2)8-7-9-20(3)24-12-13-25-23-11-10-21-18-22(32-33-27(30)31-6)14-16-28(21,4)26(23)15-17-29(24,25)5/h19-26H,7-18H2,1-6H3. The number of methoxy groups -OCH3 is 1. The quantitative estimate of drug-likeness (QED) is 0.260. The Morgan fingerprint density at radius 2 is 1.67 bits per heavy atom. The summed E-state index contributed by atoms with van der Waals surface area (Å²) in [7, 11) is 4.60. The van der Waals surface area contributed by atoms with Crippen molar-refractivity contribution in [3.63, 3.8) is 0 Å². The molecular formula is C29H50O2S2. The van der Waals surface area contributed by atoms with Crippen molar-refractivity contribution < 1.29 is 9.53 Å². The maximum atomic E-state index is 11.6. The molecule has 0 N–H and O–H groups in total. The van der Waals surface area contributed by atoms with Crippen LogP contribution in [0.25, 0.3) is 0 Å². The maximum absolute atomic E-state index is 11.6. The number of fused-ring (bicyclic) bond motifs is 5. The molecule has 33 heavy (non-hydrogen) atoms. The van der Waals surface area contributed by atoms with Gasteiger partial charge in [0.1, 0.15) is 0 Å². The first kappa shape index (κ1) is 26.2. The van der Waals surface area contributed by atoms with Crippen LogP contribution < -0.4 is 0 Å². The van der Waals surface area contributed by atoms with Gasteiger partial charge in [0.15, 0.2) is 0 Å². The van der Waals surface area contributed by atoms with Gasteiger partial charge in [-0.2, -0.15) is 0 Å². The van der Waals surface area contributed by atoms with Crippen LogP contribution in [0, 0.1) is 52.3 Å². The highest BCUT2D eigenvalue weighted by molar-refractivity contribution is 8.82. The lowest BCUT2D eigenvalue weighted by Crippen LogP contribution is -2.54. The Hall–Kier alpha value is 0.170. The van der Waals surface area contributed by atoms with Gasteiger partial charge in [-0.1, -0.05) is 64.7 Å². The molecule has 0 saturated heterocycles. The fourth-order valence-corrected chi connectivity index (χ4v) is 11.7. The Kier molecular flexibility index (Phi) is 8.47. The Bertz CT molecular complexity index is 681. The third-order valence-corrected chi connectivity index (χ3v) is 13.9. The van der Waals surface area contributed by atoms with E-state index in [9.17, 15) is 4.79 Å². The lowest BCUT2D eigenvalue weighted by atomic mass is 9.44. The number of carbonyl (C=O) groups excluding carboxylic acids is 1. The summed E-state index contributed by atoms with van der Waals surface area (Å²) >= 11 is 0. The summed E-state index contributed by atoms with van der Waals surface area (Å²) < 4.78 is 4.85. The van der Waals surface area contributed by atoms with E-state index in [4.69, 9.17) is 4.74 Å². The van der Waals surface area contributed by atoms with Gasteiger partial charge in [0, 0.05) is 16.0 Å². The molecule has 0 bridgehead atoms. The van der Waals surface area contributed by atoms with E-state index in [2.05, 4.69) is 34.6 Å². The van der Waals surface area contributed by atoms with Gasteiger partial charge in [0.25, 0.3) is 0 Å². The molecule has 4 fully saturated rings. The third-order valence-electron chi connectivity index (χ3n) is 11.2. The van der Waals surface area contributed by atoms with Crippen LogP contribution in [0.3, 0.4) is 0 Å². The molecule has 2 nitrogen and oxygen atoms in total. The smallest absolute Gasteiger partial charge is 0.377 e. The van der Waals surface area contributed by atoms with Crippen molar-refractivity contribution in [3.8, 4) is 0 Å². The van der Waals surface area contributed by atoms with E-state index in [-0.39, 0.29) is 5.30 Å². The molecule has 0 heterocycles. The summed E-state index contributed by atoms with van der Waals surface area (Å²) in [6.45, 7) is 12.7. The van der Waals surface area contributed by atoms with Gasteiger partial charge in [-0.25, -0.2) is 4.79 Å². The summed E-state index contributed by atoms with van der Waals surface area (Å²) in [4.78, 5) is 11.6. The van der Waals surface area contributed by atoms with Gasteiger partial charge < -0.3 is 4.74 Å². The minimum absolute atomic E-state index is 0.141. The van der Waals surface area contributed by atoms with Crippen molar-refractivity contribution in [1.29, 1.82) is 0 Å². The van der Waals surface area contributed by atoms with Gasteiger partial charge in [0.2, 0.25) is 0 Å². The normalized spacial score (nSPS) is 43.5. The highest BCUT2D eigenvalue weighted by Crippen LogP contribution is 2.68. The molecule has 4 aliphatic rings. The molecule has 0 aromatic heterocycles. The van der Waals surface area contributed by atoms with E-state index in [1.807, 2.05) is 0 Å². The Balaban J connectivity index is 1.39. The topological polar surface area (TPSA) is 26.3 Å². The van der Waals surface area contributed by atoms with E-state index in [1.165, 1.54) is 95.0 Å². The Morgan fingerprint density at radius 3 is 2.39 bits per heavy atom. The van der Waals surface area contributed by atoms with Crippen LogP contribution in [-0.4, -0.2) is 17.7 Å². The molecule has 4 heteroatoms. The molecule has 0 aromatic rings. The lowest BCUT2D eigenvalue weighted by Gasteiger charge is -2.61. The molecule has 0 aromatic carbocycles. The first-order valence-corrected chi connectivity index (χ1v) is 16.3. The van der Waals surface area contributed by atoms with E-state index in [0.29, 0.717) is 16.1 Å². The molecular weight excluding hydrogens is 444 g/mol. The SMILES string of the molecule is COC(=O)SSC1CCC2(C)C(CCC3C2CCC2(C)C(C(C)CCCC(C)C)CCC32)C1. The van der Waals surface area contributed by atoms with Crippen LogP contribution in [-0.2, 0) is 4.74 Å². The molecule has 0 aliphatic heterocycles. The second-order valence-electron chi connectivity index (χ2n) is 13.2. The van der Waals surface area contributed by atoms with Crippen LogP contribution in [0.1, 0.15) is 112 Å². The second-order valence-corrected chi connectivity index (χ2v) is 15.7. The predicted octanol–water partition coefficient (Wildman–Crippen LogP) is 9.62. The highest BCUT2D eigenvalue weighted by atomic mass is 33.1. The summed E-state index contributed by atoms with van der Waals surface area (Å²) in [6.07, 6.45) is 17.1. The summed E-state index contributed by atoms with van der Waals surface area (Å²) in [5, 5.41) is 0.484. The van der Waals surface area contributed by atoms with Crippen LogP contribution in [0.5, 0.6) is 0 Å². The van der Waals surface area contributed by atoms with Crippen LogP contribution in [0.2, 0.25) is 0 Å². The lowest BCUT2D eigenvalue weighted by molar-refractivity contribution is -0.113. The zero-order valence-electron chi connectivity index (χ0n) is 22.2. The van der Waals surface area contributed by atoms with Crippen molar-refractivity contribution in [2.45, 2.75) is 117 Å². The first-order valence-electron chi connectivity index (χ1n) is 14.1. The number of carbonyl (C=O) groups is 1. The molecule has 4 saturated carbocycles. The summed E-state index contributed by atoms with van der Waals surface area (Å²) in [6, 6.07) is 0. The second kappa shape index (κ2) is 10.7. The molecule has 190 valence electrons. The number of hydrogen-bond donors (Lipinski definition) is 0. The Morgan fingerprint density at radius 1 is 0.939 bits per heavy atom. The van der Waals surface area contributed by atoms with Crippen molar-refractivity contribution >= 4 is 26.9 Å². The summed E-state index contributed by atoms with van der Waals surface area (Å²) in [5.74, 6) is 6.48. The van der Waals surface area contributed by atoms with Gasteiger partial charge in [0.05, 0.1) is 7.11 Å². The van der Waals surface area contributed by atoms with E-state index in [1.54, 1.807) is 10.8 Å². The largest absolute Gasteiger partial charge is 0.460 e. The monoisotopic (exact) mass is 494 g/mol. The Labute approximate surface area is 212 Å². The molecule has 4 aliphatic carbocycles. The average molecular weight is 495 g/mol. The minimum atomic E-state index is -0.141. The van der Waals surface area contributed by atoms with E-state index in [0.717, 1.165) is 41.4 Å². The number of ether oxygens (including phenoxy) is 1. The van der Waals surface area contributed by atoms with Crippen LogP contribution in [0.4, 0.5) is 4.79 Å². The summed E-state index contributed by atoms with van der Waals surface area (Å²) in [5.41, 5.74) is 1.14. The molecule has 0 radical (unpaired) electrons. The minimum Gasteiger partial charge on any atom is -0.460 e. The molecule has 0 spiro atoms.